The van der Waals surface area contributed by atoms with Crippen molar-refractivity contribution in [3.05, 3.63) is 59.1 Å². The number of benzene rings is 2. The number of amides is 1. The van der Waals surface area contributed by atoms with Crippen LogP contribution in [0.2, 0.25) is 5.02 Å². The van der Waals surface area contributed by atoms with Crippen molar-refractivity contribution >= 4 is 23.2 Å². The van der Waals surface area contributed by atoms with E-state index in [1.165, 1.54) is 0 Å². The lowest BCUT2D eigenvalue weighted by Crippen LogP contribution is -2.40. The normalized spacial score (nSPS) is 19.2. The van der Waals surface area contributed by atoms with Gasteiger partial charge in [-0.05, 0) is 61.6 Å². The number of hydrogen-bond acceptors (Lipinski definition) is 4. The van der Waals surface area contributed by atoms with Gasteiger partial charge in [0.25, 0.3) is 0 Å². The average molecular weight is 417 g/mol. The molecule has 1 fully saturated rings. The zero-order valence-electron chi connectivity index (χ0n) is 16.8. The molecule has 0 aliphatic heterocycles. The molecular formula is C23H29ClN2O3. The van der Waals surface area contributed by atoms with Crippen LogP contribution in [0.15, 0.2) is 48.5 Å². The SMILES string of the molecule is COc1cccc(CN(CCC(=O)Nc2cccc(Cl)c2)C2CCC(O)CC2)c1. The predicted molar refractivity (Wildman–Crippen MR) is 116 cm³/mol. The van der Waals surface area contributed by atoms with Crippen LogP contribution in [0.4, 0.5) is 5.69 Å². The van der Waals surface area contributed by atoms with Gasteiger partial charge >= 0.3 is 0 Å². The molecule has 1 aliphatic carbocycles. The molecule has 6 heteroatoms. The van der Waals surface area contributed by atoms with Crippen molar-refractivity contribution in [3.8, 4) is 5.75 Å². The van der Waals surface area contributed by atoms with Crippen molar-refractivity contribution in [1.82, 2.24) is 4.90 Å². The van der Waals surface area contributed by atoms with Gasteiger partial charge in [0.1, 0.15) is 5.75 Å². The molecule has 0 aromatic heterocycles. The van der Waals surface area contributed by atoms with Crippen LogP contribution in [-0.4, -0.2) is 41.7 Å². The van der Waals surface area contributed by atoms with Crippen LogP contribution in [0.3, 0.4) is 0 Å². The predicted octanol–water partition coefficient (Wildman–Crippen LogP) is 4.48. The summed E-state index contributed by atoms with van der Waals surface area (Å²) in [5.41, 5.74) is 1.87. The van der Waals surface area contributed by atoms with E-state index in [1.54, 1.807) is 19.2 Å². The summed E-state index contributed by atoms with van der Waals surface area (Å²) in [5, 5.41) is 13.4. The number of rotatable bonds is 8. The molecule has 1 saturated carbocycles. The maximum atomic E-state index is 12.5. The van der Waals surface area contributed by atoms with E-state index in [4.69, 9.17) is 16.3 Å². The molecule has 3 rings (SSSR count). The van der Waals surface area contributed by atoms with Gasteiger partial charge in [-0.3, -0.25) is 9.69 Å². The Kier molecular flexibility index (Phi) is 7.92. The summed E-state index contributed by atoms with van der Waals surface area (Å²) < 4.78 is 5.34. The minimum absolute atomic E-state index is 0.0289. The van der Waals surface area contributed by atoms with Crippen molar-refractivity contribution in [1.29, 1.82) is 0 Å². The summed E-state index contributed by atoms with van der Waals surface area (Å²) in [6, 6.07) is 15.6. The van der Waals surface area contributed by atoms with E-state index >= 15 is 0 Å². The smallest absolute Gasteiger partial charge is 0.225 e. The van der Waals surface area contributed by atoms with Gasteiger partial charge in [-0.15, -0.1) is 0 Å². The van der Waals surface area contributed by atoms with Crippen LogP contribution < -0.4 is 10.1 Å². The topological polar surface area (TPSA) is 61.8 Å². The minimum Gasteiger partial charge on any atom is -0.497 e. The number of aliphatic hydroxyl groups excluding tert-OH is 1. The molecule has 0 unspecified atom stereocenters. The van der Waals surface area contributed by atoms with Gasteiger partial charge in [0.15, 0.2) is 0 Å². The number of hydrogen-bond donors (Lipinski definition) is 2. The number of ether oxygens (including phenoxy) is 1. The van der Waals surface area contributed by atoms with Crippen LogP contribution in [0.5, 0.6) is 5.75 Å². The molecule has 0 radical (unpaired) electrons. The monoisotopic (exact) mass is 416 g/mol. The Hall–Kier alpha value is -2.08. The number of halogens is 1. The number of aliphatic hydroxyl groups is 1. The molecule has 0 spiro atoms. The number of nitrogens with zero attached hydrogens (tertiary/aromatic N) is 1. The molecule has 29 heavy (non-hydrogen) atoms. The Labute approximate surface area is 177 Å². The molecule has 5 nitrogen and oxygen atoms in total. The largest absolute Gasteiger partial charge is 0.497 e. The third kappa shape index (κ3) is 6.74. The summed E-state index contributed by atoms with van der Waals surface area (Å²) in [6.07, 6.45) is 3.72. The third-order valence-corrected chi connectivity index (χ3v) is 5.67. The van der Waals surface area contributed by atoms with Crippen molar-refractivity contribution in [3.63, 3.8) is 0 Å². The average Bonchev–Trinajstić information content (AvgIpc) is 2.72. The first kappa shape index (κ1) is 21.6. The summed E-state index contributed by atoms with van der Waals surface area (Å²) in [7, 11) is 1.67. The third-order valence-electron chi connectivity index (χ3n) is 5.44. The standard InChI is InChI=1S/C23H29ClN2O3/c1-29-22-7-2-4-17(14-22)16-26(20-8-10-21(27)11-9-20)13-12-23(28)25-19-6-3-5-18(24)15-19/h2-7,14-15,20-21,27H,8-13,16H2,1H3,(H,25,28). The molecule has 2 aromatic rings. The lowest BCUT2D eigenvalue weighted by molar-refractivity contribution is -0.116. The molecule has 2 aromatic carbocycles. The van der Waals surface area contributed by atoms with E-state index in [2.05, 4.69) is 16.3 Å². The second kappa shape index (κ2) is 10.6. The quantitative estimate of drug-likeness (QED) is 0.665. The Balaban J connectivity index is 1.63. The Morgan fingerprint density at radius 2 is 1.93 bits per heavy atom. The second-order valence-corrected chi connectivity index (χ2v) is 8.03. The molecule has 156 valence electrons. The fourth-order valence-electron chi connectivity index (χ4n) is 3.85. The van der Waals surface area contributed by atoms with Gasteiger partial charge in [-0.1, -0.05) is 29.8 Å². The zero-order chi connectivity index (χ0) is 20.6. The molecule has 2 N–H and O–H groups in total. The second-order valence-electron chi connectivity index (χ2n) is 7.59. The summed E-state index contributed by atoms with van der Waals surface area (Å²) in [6.45, 7) is 1.41. The van der Waals surface area contributed by atoms with Gasteiger partial charge in [-0.25, -0.2) is 0 Å². The molecule has 0 saturated heterocycles. The number of anilines is 1. The van der Waals surface area contributed by atoms with E-state index < -0.39 is 0 Å². The highest BCUT2D eigenvalue weighted by molar-refractivity contribution is 6.30. The highest BCUT2D eigenvalue weighted by Gasteiger charge is 2.25. The number of nitrogens with one attached hydrogen (secondary N) is 1. The highest BCUT2D eigenvalue weighted by Crippen LogP contribution is 2.26. The minimum atomic E-state index is -0.198. The Bertz CT molecular complexity index is 806. The molecule has 1 amide bonds. The lowest BCUT2D eigenvalue weighted by atomic mass is 9.91. The Morgan fingerprint density at radius 3 is 2.66 bits per heavy atom. The first-order valence-corrected chi connectivity index (χ1v) is 10.5. The summed E-state index contributed by atoms with van der Waals surface area (Å²) in [4.78, 5) is 14.8. The number of carbonyl (C=O) groups is 1. The fourth-order valence-corrected chi connectivity index (χ4v) is 4.04. The molecular weight excluding hydrogens is 388 g/mol. The van der Waals surface area contributed by atoms with E-state index in [1.807, 2.05) is 30.3 Å². The molecule has 0 heterocycles. The van der Waals surface area contributed by atoms with Crippen molar-refractivity contribution in [2.45, 2.75) is 50.8 Å². The van der Waals surface area contributed by atoms with E-state index in [-0.39, 0.29) is 12.0 Å². The Morgan fingerprint density at radius 1 is 1.17 bits per heavy atom. The summed E-state index contributed by atoms with van der Waals surface area (Å²) >= 11 is 5.99. The van der Waals surface area contributed by atoms with E-state index in [9.17, 15) is 9.90 Å². The van der Waals surface area contributed by atoms with Gasteiger partial charge in [-0.2, -0.15) is 0 Å². The maximum absolute atomic E-state index is 12.5. The first-order chi connectivity index (χ1) is 14.0. The highest BCUT2D eigenvalue weighted by atomic mass is 35.5. The zero-order valence-corrected chi connectivity index (χ0v) is 17.6. The molecule has 0 atom stereocenters. The summed E-state index contributed by atoms with van der Waals surface area (Å²) in [5.74, 6) is 0.805. The van der Waals surface area contributed by atoms with Crippen LogP contribution in [-0.2, 0) is 11.3 Å². The van der Waals surface area contributed by atoms with E-state index in [0.717, 1.165) is 43.5 Å². The van der Waals surface area contributed by atoms with Crippen molar-refractivity contribution in [2.75, 3.05) is 19.0 Å². The van der Waals surface area contributed by atoms with Crippen LogP contribution in [0, 0.1) is 0 Å². The number of methoxy groups -OCH3 is 1. The lowest BCUT2D eigenvalue weighted by Gasteiger charge is -2.35. The van der Waals surface area contributed by atoms with E-state index in [0.29, 0.717) is 29.7 Å². The van der Waals surface area contributed by atoms with Crippen LogP contribution in [0.1, 0.15) is 37.7 Å². The van der Waals surface area contributed by atoms with Crippen LogP contribution in [0.25, 0.3) is 0 Å². The maximum Gasteiger partial charge on any atom is 0.225 e. The van der Waals surface area contributed by atoms with Gasteiger partial charge in [0.05, 0.1) is 13.2 Å². The first-order valence-electron chi connectivity index (χ1n) is 10.1. The van der Waals surface area contributed by atoms with Crippen LogP contribution >= 0.6 is 11.6 Å². The van der Waals surface area contributed by atoms with Gasteiger partial charge in [0.2, 0.25) is 5.91 Å². The number of carbonyl (C=O) groups excluding carboxylic acids is 1. The molecule has 1 aliphatic rings. The van der Waals surface area contributed by atoms with Crippen molar-refractivity contribution in [2.24, 2.45) is 0 Å². The fraction of sp³-hybridized carbons (Fsp3) is 0.435. The van der Waals surface area contributed by atoms with Gasteiger partial charge in [0, 0.05) is 36.3 Å². The van der Waals surface area contributed by atoms with Gasteiger partial charge < -0.3 is 15.2 Å². The molecule has 0 bridgehead atoms. The van der Waals surface area contributed by atoms with Crippen molar-refractivity contribution < 1.29 is 14.6 Å².